The molecule has 0 bridgehead atoms. The number of carbonyl (C=O) groups excluding carboxylic acids is 6. The van der Waals surface area contributed by atoms with Crippen LogP contribution < -0.4 is 32.3 Å². The van der Waals surface area contributed by atoms with Crippen LogP contribution in [0.15, 0.2) is 0 Å². The Morgan fingerprint density at radius 1 is 0.522 bits per heavy atom. The average molecular weight is 963 g/mol. The Morgan fingerprint density at radius 2 is 1.00 bits per heavy atom. The van der Waals surface area contributed by atoms with Gasteiger partial charge in [-0.25, -0.2) is 9.59 Å². The standard InChI is InChI=1S/C43H74N6O18/c44-21-15-14-16-29(47-39(59)30(19-20-36(56)57)48-41(61)32(27-51)49-40(60)31(26-50)46-37(42(62)63)43(64)65)38(58)33(28-52)67-25-24-66-23-22-45-34(53)17-12-10-8-6-4-2-1-3-5-7-9-11-13-18-35(54)55/h28-33,37,46,50-51H,1-27,44H2,(H,45,53)(H,47,59)(H,48,61)(H,49,60)(H,54,55)(H,56,57)(H,62,63)(H,64,65)/t29-,30-,31-,32-,33?/m0/s1. The number of carboxylic acid groups (broad SMARTS) is 4. The lowest BCUT2D eigenvalue weighted by molar-refractivity contribution is -0.152. The number of aliphatic hydroxyl groups is 2. The first-order chi connectivity index (χ1) is 32.0. The first-order valence-corrected chi connectivity index (χ1v) is 23.0. The molecule has 0 aromatic carbocycles. The van der Waals surface area contributed by atoms with Crippen LogP contribution in [0.25, 0.3) is 0 Å². The van der Waals surface area contributed by atoms with E-state index in [1.165, 1.54) is 25.7 Å². The van der Waals surface area contributed by atoms with E-state index in [2.05, 4.69) is 16.0 Å². The molecule has 384 valence electrons. The molecule has 67 heavy (non-hydrogen) atoms. The van der Waals surface area contributed by atoms with Crippen molar-refractivity contribution in [3.8, 4) is 0 Å². The number of ketones is 1. The van der Waals surface area contributed by atoms with Crippen LogP contribution in [0.4, 0.5) is 0 Å². The van der Waals surface area contributed by atoms with Crippen LogP contribution in [0.1, 0.15) is 128 Å². The highest BCUT2D eigenvalue weighted by atomic mass is 16.5. The number of nitrogens with one attached hydrogen (secondary N) is 5. The molecule has 0 rings (SSSR count). The number of hydrogen-bond donors (Lipinski definition) is 12. The minimum Gasteiger partial charge on any atom is -0.481 e. The average Bonchev–Trinajstić information content (AvgIpc) is 3.28. The first-order valence-electron chi connectivity index (χ1n) is 23.0. The number of unbranched alkanes of at least 4 members (excludes halogenated alkanes) is 13. The molecular weight excluding hydrogens is 888 g/mol. The second-order valence-corrected chi connectivity index (χ2v) is 15.9. The molecule has 13 N–H and O–H groups in total. The van der Waals surface area contributed by atoms with E-state index >= 15 is 0 Å². The van der Waals surface area contributed by atoms with Crippen LogP contribution in [0.3, 0.4) is 0 Å². The van der Waals surface area contributed by atoms with E-state index in [0.717, 1.165) is 57.8 Å². The summed E-state index contributed by atoms with van der Waals surface area (Å²) in [7, 11) is 0. The van der Waals surface area contributed by atoms with Crippen LogP contribution in [0, 0.1) is 0 Å². The Balaban J connectivity index is 4.97. The number of hydrogen-bond acceptors (Lipinski definition) is 16. The third-order valence-corrected chi connectivity index (χ3v) is 10.4. The van der Waals surface area contributed by atoms with Crippen molar-refractivity contribution < 1.29 is 88.1 Å². The summed E-state index contributed by atoms with van der Waals surface area (Å²) in [5, 5.41) is 66.7. The van der Waals surface area contributed by atoms with E-state index in [9.17, 15) is 63.3 Å². The zero-order valence-electron chi connectivity index (χ0n) is 38.3. The van der Waals surface area contributed by atoms with Gasteiger partial charge in [-0.3, -0.25) is 43.7 Å². The molecule has 0 aliphatic heterocycles. The number of amides is 4. The van der Waals surface area contributed by atoms with E-state index in [1.54, 1.807) is 0 Å². The molecule has 0 heterocycles. The number of rotatable bonds is 45. The van der Waals surface area contributed by atoms with Crippen LogP contribution in [-0.2, 0) is 57.4 Å². The van der Waals surface area contributed by atoms with Gasteiger partial charge in [-0.15, -0.1) is 0 Å². The Kier molecular flexibility index (Phi) is 35.9. The van der Waals surface area contributed by atoms with Crippen molar-refractivity contribution in [3.63, 3.8) is 0 Å². The summed E-state index contributed by atoms with van der Waals surface area (Å²) in [5.41, 5.74) is 5.58. The second kappa shape index (κ2) is 38.9. The largest absolute Gasteiger partial charge is 0.481 e. The maximum Gasteiger partial charge on any atom is 0.332 e. The van der Waals surface area contributed by atoms with Crippen LogP contribution >= 0.6 is 0 Å². The quantitative estimate of drug-likeness (QED) is 0.0201. The predicted molar refractivity (Wildman–Crippen MR) is 237 cm³/mol. The Morgan fingerprint density at radius 3 is 1.49 bits per heavy atom. The number of carboxylic acids is 4. The fourth-order valence-corrected chi connectivity index (χ4v) is 6.57. The van der Waals surface area contributed by atoms with Gasteiger partial charge in [0.05, 0.1) is 39.1 Å². The van der Waals surface area contributed by atoms with Gasteiger partial charge < -0.3 is 67.1 Å². The molecule has 0 aliphatic carbocycles. The summed E-state index contributed by atoms with van der Waals surface area (Å²) in [6.45, 7) is -2.01. The van der Waals surface area contributed by atoms with Gasteiger partial charge in [-0.1, -0.05) is 70.6 Å². The van der Waals surface area contributed by atoms with Crippen LogP contribution in [0.2, 0.25) is 0 Å². The molecule has 24 nitrogen and oxygen atoms in total. The number of aliphatic carboxylic acids is 4. The summed E-state index contributed by atoms with van der Waals surface area (Å²) < 4.78 is 10.9. The number of nitrogens with two attached hydrogens (primary N) is 1. The molecule has 24 heteroatoms. The lowest BCUT2D eigenvalue weighted by Crippen LogP contribution is -2.61. The zero-order chi connectivity index (χ0) is 50.4. The van der Waals surface area contributed by atoms with Gasteiger partial charge in [-0.05, 0) is 45.1 Å². The van der Waals surface area contributed by atoms with E-state index in [-0.39, 0.29) is 64.4 Å². The molecule has 5 atom stereocenters. The molecular formula is C43H74N6O18. The van der Waals surface area contributed by atoms with E-state index in [1.807, 2.05) is 10.6 Å². The minimum absolute atomic E-state index is 0.0500. The van der Waals surface area contributed by atoms with E-state index < -0.39 is 110 Å². The summed E-state index contributed by atoms with van der Waals surface area (Å²) in [6, 6.07) is -9.21. The lowest BCUT2D eigenvalue weighted by Gasteiger charge is -2.26. The molecule has 0 saturated heterocycles. The van der Waals surface area contributed by atoms with Crippen molar-refractivity contribution in [2.75, 3.05) is 46.1 Å². The van der Waals surface area contributed by atoms with Crippen molar-refractivity contribution in [1.82, 2.24) is 26.6 Å². The Hall–Kier alpha value is -5.14. The lowest BCUT2D eigenvalue weighted by atomic mass is 10.0. The van der Waals surface area contributed by atoms with Gasteiger partial charge in [0.25, 0.3) is 0 Å². The molecule has 0 aromatic heterocycles. The Bertz CT molecular complexity index is 1510. The third-order valence-electron chi connectivity index (χ3n) is 10.4. The van der Waals surface area contributed by atoms with Gasteiger partial charge in [0.15, 0.2) is 18.2 Å². The highest BCUT2D eigenvalue weighted by Crippen LogP contribution is 2.14. The number of ether oxygens (including phenoxy) is 2. The predicted octanol–water partition coefficient (Wildman–Crippen LogP) is -0.863. The maximum absolute atomic E-state index is 13.5. The zero-order valence-corrected chi connectivity index (χ0v) is 38.3. The number of aldehydes is 1. The van der Waals surface area contributed by atoms with Crippen molar-refractivity contribution >= 4 is 59.6 Å². The normalized spacial score (nSPS) is 13.4. The van der Waals surface area contributed by atoms with Crippen molar-refractivity contribution in [2.45, 2.75) is 165 Å². The first kappa shape index (κ1) is 61.9. The molecule has 0 saturated carbocycles. The molecule has 1 unspecified atom stereocenters. The number of carbonyl (C=O) groups is 10. The van der Waals surface area contributed by atoms with Crippen LogP contribution in [0.5, 0.6) is 0 Å². The smallest absolute Gasteiger partial charge is 0.332 e. The molecule has 0 fully saturated rings. The highest BCUT2D eigenvalue weighted by molar-refractivity contribution is 6.02. The van der Waals surface area contributed by atoms with Crippen molar-refractivity contribution in [3.05, 3.63) is 0 Å². The fourth-order valence-electron chi connectivity index (χ4n) is 6.57. The number of Topliss-reactive ketones (excluding diaryl/α,β-unsaturated/α-hetero) is 1. The maximum atomic E-state index is 13.5. The SMILES string of the molecule is NCCCC[C@H](NC(=O)[C@H](CCC(=O)O)NC(=O)[C@H](CO)NC(=O)[C@H](CO)NC(C(=O)O)C(=O)O)C(=O)C(C=O)OCCOCCNC(=O)CCCCCCCCCCCCCCCC(=O)O. The summed E-state index contributed by atoms with van der Waals surface area (Å²) >= 11 is 0. The monoisotopic (exact) mass is 963 g/mol. The van der Waals surface area contributed by atoms with E-state index in [0.29, 0.717) is 12.8 Å². The van der Waals surface area contributed by atoms with Gasteiger partial charge in [-0.2, -0.15) is 0 Å². The highest BCUT2D eigenvalue weighted by Gasteiger charge is 2.35. The minimum atomic E-state index is -2.34. The summed E-state index contributed by atoms with van der Waals surface area (Å²) in [6.07, 6.45) is 12.3. The fraction of sp³-hybridized carbons (Fsp3) is 0.767. The van der Waals surface area contributed by atoms with Crippen LogP contribution in [-0.4, -0.2) is 173 Å². The topological polar surface area (TPSA) is 397 Å². The van der Waals surface area contributed by atoms with Gasteiger partial charge >= 0.3 is 23.9 Å². The summed E-state index contributed by atoms with van der Waals surface area (Å²) in [4.78, 5) is 121. The molecule has 0 radical (unpaired) electrons. The second-order valence-electron chi connectivity index (χ2n) is 15.9. The molecule has 0 spiro atoms. The van der Waals surface area contributed by atoms with Crippen molar-refractivity contribution in [1.29, 1.82) is 0 Å². The van der Waals surface area contributed by atoms with Gasteiger partial charge in [0.1, 0.15) is 18.1 Å². The molecule has 4 amide bonds. The van der Waals surface area contributed by atoms with E-state index in [4.69, 9.17) is 30.5 Å². The van der Waals surface area contributed by atoms with Gasteiger partial charge in [0, 0.05) is 25.8 Å². The Labute approximate surface area is 390 Å². The summed E-state index contributed by atoms with van der Waals surface area (Å²) in [5.74, 6) is -10.6. The van der Waals surface area contributed by atoms with Gasteiger partial charge in [0.2, 0.25) is 29.7 Å². The van der Waals surface area contributed by atoms with Crippen molar-refractivity contribution in [2.24, 2.45) is 5.73 Å². The third kappa shape index (κ3) is 30.7. The number of aliphatic hydroxyl groups excluding tert-OH is 2. The molecule has 0 aromatic rings. The molecule has 0 aliphatic rings.